The van der Waals surface area contributed by atoms with Crippen LogP contribution in [0.3, 0.4) is 0 Å². The minimum Gasteiger partial charge on any atom is -0.493 e. The van der Waals surface area contributed by atoms with Crippen LogP contribution in [0.1, 0.15) is 30.5 Å². The fraction of sp³-hybridized carbons (Fsp3) is 0.333. The second-order valence-corrected chi connectivity index (χ2v) is 5.52. The van der Waals surface area contributed by atoms with Gasteiger partial charge in [0.15, 0.2) is 0 Å². The Balaban J connectivity index is 2.03. The minimum atomic E-state index is -0.182. The topological polar surface area (TPSA) is 21.3 Å². The zero-order valence-corrected chi connectivity index (χ0v) is 12.4. The lowest BCUT2D eigenvalue weighted by molar-refractivity contribution is 0.288. The van der Waals surface area contributed by atoms with Crippen LogP contribution in [0, 0.1) is 5.82 Å². The van der Waals surface area contributed by atoms with Crippen LogP contribution in [0.4, 0.5) is 4.39 Å². The minimum absolute atomic E-state index is 0.182. The summed E-state index contributed by atoms with van der Waals surface area (Å²) in [5, 5.41) is 3.19. The number of nitrogens with one attached hydrogen (secondary N) is 1. The lowest BCUT2D eigenvalue weighted by atomic mass is 9.96. The van der Waals surface area contributed by atoms with E-state index in [0.29, 0.717) is 5.56 Å². The number of rotatable bonds is 3. The SMILES string of the molecule is CNC(C)c1ccc(F)c(-c2ccc3c(c2)CCCO3)c1. The highest BCUT2D eigenvalue weighted by Gasteiger charge is 2.14. The maximum Gasteiger partial charge on any atom is 0.131 e. The molecule has 1 atom stereocenters. The lowest BCUT2D eigenvalue weighted by Crippen LogP contribution is -2.12. The molecule has 0 aliphatic carbocycles. The predicted octanol–water partition coefficient (Wildman–Crippen LogP) is 4.10. The van der Waals surface area contributed by atoms with Crippen LogP contribution in [-0.2, 0) is 6.42 Å². The second kappa shape index (κ2) is 5.86. The normalized spacial score (nSPS) is 15.2. The van der Waals surface area contributed by atoms with Gasteiger partial charge in [-0.3, -0.25) is 0 Å². The van der Waals surface area contributed by atoms with Crippen molar-refractivity contribution in [3.63, 3.8) is 0 Å². The van der Waals surface area contributed by atoms with Crippen LogP contribution in [0.25, 0.3) is 11.1 Å². The van der Waals surface area contributed by atoms with Gasteiger partial charge in [-0.1, -0.05) is 12.1 Å². The first-order valence-corrected chi connectivity index (χ1v) is 7.42. The molecule has 1 aliphatic rings. The third kappa shape index (κ3) is 2.79. The Morgan fingerprint density at radius 2 is 2.05 bits per heavy atom. The number of hydrogen-bond donors (Lipinski definition) is 1. The van der Waals surface area contributed by atoms with Gasteiger partial charge in [-0.25, -0.2) is 4.39 Å². The molecule has 3 heteroatoms. The lowest BCUT2D eigenvalue weighted by Gasteiger charge is -2.18. The summed E-state index contributed by atoms with van der Waals surface area (Å²) >= 11 is 0. The van der Waals surface area contributed by atoms with Crippen molar-refractivity contribution in [2.24, 2.45) is 0 Å². The largest absolute Gasteiger partial charge is 0.493 e. The number of halogens is 1. The monoisotopic (exact) mass is 285 g/mol. The second-order valence-electron chi connectivity index (χ2n) is 5.52. The van der Waals surface area contributed by atoms with Crippen molar-refractivity contribution in [1.82, 2.24) is 5.32 Å². The molecule has 110 valence electrons. The molecule has 1 heterocycles. The average molecular weight is 285 g/mol. The van der Waals surface area contributed by atoms with E-state index in [-0.39, 0.29) is 11.9 Å². The van der Waals surface area contributed by atoms with Crippen LogP contribution in [0.2, 0.25) is 0 Å². The third-order valence-corrected chi connectivity index (χ3v) is 4.14. The van der Waals surface area contributed by atoms with Crippen molar-refractivity contribution in [3.8, 4) is 16.9 Å². The highest BCUT2D eigenvalue weighted by Crippen LogP contribution is 2.32. The van der Waals surface area contributed by atoms with Crippen LogP contribution in [-0.4, -0.2) is 13.7 Å². The number of fused-ring (bicyclic) bond motifs is 1. The van der Waals surface area contributed by atoms with Crippen molar-refractivity contribution < 1.29 is 9.13 Å². The summed E-state index contributed by atoms with van der Waals surface area (Å²) in [4.78, 5) is 0. The van der Waals surface area contributed by atoms with Gasteiger partial charge in [-0.2, -0.15) is 0 Å². The van der Waals surface area contributed by atoms with Gasteiger partial charge in [0, 0.05) is 11.6 Å². The molecule has 1 N–H and O–H groups in total. The fourth-order valence-electron chi connectivity index (χ4n) is 2.73. The van der Waals surface area contributed by atoms with E-state index in [1.54, 1.807) is 6.07 Å². The van der Waals surface area contributed by atoms with E-state index in [1.165, 1.54) is 5.56 Å². The Morgan fingerprint density at radius 3 is 2.86 bits per heavy atom. The summed E-state index contributed by atoms with van der Waals surface area (Å²) in [7, 11) is 1.91. The molecular formula is C18H20FNO. The van der Waals surface area contributed by atoms with Gasteiger partial charge in [0.05, 0.1) is 6.61 Å². The first-order chi connectivity index (χ1) is 10.2. The summed E-state index contributed by atoms with van der Waals surface area (Å²) in [6.07, 6.45) is 2.02. The number of benzene rings is 2. The number of ether oxygens (including phenoxy) is 1. The predicted molar refractivity (Wildman–Crippen MR) is 83.1 cm³/mol. The number of aryl methyl sites for hydroxylation is 1. The summed E-state index contributed by atoms with van der Waals surface area (Å²) < 4.78 is 19.8. The van der Waals surface area contributed by atoms with E-state index in [2.05, 4.69) is 18.3 Å². The van der Waals surface area contributed by atoms with Crippen molar-refractivity contribution in [1.29, 1.82) is 0 Å². The molecule has 3 rings (SSSR count). The van der Waals surface area contributed by atoms with E-state index in [9.17, 15) is 4.39 Å². The maximum absolute atomic E-state index is 14.2. The smallest absolute Gasteiger partial charge is 0.131 e. The van der Waals surface area contributed by atoms with Gasteiger partial charge in [0.2, 0.25) is 0 Å². The molecule has 21 heavy (non-hydrogen) atoms. The molecule has 1 unspecified atom stereocenters. The number of hydrogen-bond acceptors (Lipinski definition) is 2. The molecule has 0 fully saturated rings. The quantitative estimate of drug-likeness (QED) is 0.916. The maximum atomic E-state index is 14.2. The highest BCUT2D eigenvalue weighted by molar-refractivity contribution is 5.67. The van der Waals surface area contributed by atoms with E-state index < -0.39 is 0 Å². The molecule has 0 spiro atoms. The molecule has 0 saturated carbocycles. The van der Waals surface area contributed by atoms with E-state index in [0.717, 1.165) is 36.3 Å². The Kier molecular flexibility index (Phi) is 3.93. The summed E-state index contributed by atoms with van der Waals surface area (Å²) in [5.74, 6) is 0.754. The van der Waals surface area contributed by atoms with Crippen LogP contribution < -0.4 is 10.1 Å². The molecule has 0 aromatic heterocycles. The van der Waals surface area contributed by atoms with Gasteiger partial charge in [-0.05, 0) is 67.8 Å². The molecule has 0 saturated heterocycles. The molecule has 1 aliphatic heterocycles. The van der Waals surface area contributed by atoms with Crippen LogP contribution >= 0.6 is 0 Å². The Hall–Kier alpha value is -1.87. The van der Waals surface area contributed by atoms with Crippen LogP contribution in [0.5, 0.6) is 5.75 Å². The van der Waals surface area contributed by atoms with Crippen molar-refractivity contribution in [3.05, 3.63) is 53.3 Å². The van der Waals surface area contributed by atoms with Crippen molar-refractivity contribution >= 4 is 0 Å². The first kappa shape index (κ1) is 14.1. The Morgan fingerprint density at radius 1 is 1.19 bits per heavy atom. The fourth-order valence-corrected chi connectivity index (χ4v) is 2.73. The molecule has 2 aromatic rings. The summed E-state index contributed by atoms with van der Waals surface area (Å²) in [6, 6.07) is 11.5. The Bertz CT molecular complexity index is 654. The third-order valence-electron chi connectivity index (χ3n) is 4.14. The molecule has 2 aromatic carbocycles. The van der Waals surface area contributed by atoms with Gasteiger partial charge < -0.3 is 10.1 Å². The van der Waals surface area contributed by atoms with Gasteiger partial charge in [0.1, 0.15) is 11.6 Å². The van der Waals surface area contributed by atoms with E-state index >= 15 is 0 Å². The molecule has 0 amide bonds. The average Bonchev–Trinajstić information content (AvgIpc) is 2.54. The molecule has 0 bridgehead atoms. The zero-order valence-electron chi connectivity index (χ0n) is 12.4. The van der Waals surface area contributed by atoms with Gasteiger partial charge >= 0.3 is 0 Å². The first-order valence-electron chi connectivity index (χ1n) is 7.42. The Labute approximate surface area is 125 Å². The van der Waals surface area contributed by atoms with Gasteiger partial charge in [0.25, 0.3) is 0 Å². The molecule has 2 nitrogen and oxygen atoms in total. The highest BCUT2D eigenvalue weighted by atomic mass is 19.1. The zero-order chi connectivity index (χ0) is 14.8. The van der Waals surface area contributed by atoms with Crippen molar-refractivity contribution in [2.45, 2.75) is 25.8 Å². The van der Waals surface area contributed by atoms with Crippen molar-refractivity contribution in [2.75, 3.05) is 13.7 Å². The van der Waals surface area contributed by atoms with Crippen LogP contribution in [0.15, 0.2) is 36.4 Å². The van der Waals surface area contributed by atoms with E-state index in [4.69, 9.17) is 4.74 Å². The standard InChI is InChI=1S/C18H20FNO/c1-12(20-2)13-5-7-17(19)16(11-13)14-6-8-18-15(10-14)4-3-9-21-18/h5-8,10-12,20H,3-4,9H2,1-2H3. The summed E-state index contributed by atoms with van der Waals surface area (Å²) in [6.45, 7) is 2.84. The van der Waals surface area contributed by atoms with Gasteiger partial charge in [-0.15, -0.1) is 0 Å². The molecule has 0 radical (unpaired) electrons. The van der Waals surface area contributed by atoms with E-state index in [1.807, 2.05) is 31.3 Å². The molecular weight excluding hydrogens is 265 g/mol. The summed E-state index contributed by atoms with van der Waals surface area (Å²) in [5.41, 5.74) is 3.83.